The van der Waals surface area contributed by atoms with E-state index in [1.54, 1.807) is 0 Å². The van der Waals surface area contributed by atoms with E-state index in [1.165, 1.54) is 128 Å². The first-order chi connectivity index (χ1) is 33.5. The van der Waals surface area contributed by atoms with Gasteiger partial charge in [-0.2, -0.15) is 0 Å². The van der Waals surface area contributed by atoms with Crippen molar-refractivity contribution in [1.29, 1.82) is 0 Å². The van der Waals surface area contributed by atoms with Crippen LogP contribution in [0.3, 0.4) is 0 Å². The minimum Gasteiger partial charge on any atom is -0.462 e. The molecule has 0 fully saturated rings. The average molecular weight is 948 g/mol. The van der Waals surface area contributed by atoms with Crippen LogP contribution < -0.4 is 0 Å². The first-order valence-electron chi connectivity index (χ1n) is 28.6. The summed E-state index contributed by atoms with van der Waals surface area (Å²) >= 11 is 0. The molecule has 0 bridgehead atoms. The summed E-state index contributed by atoms with van der Waals surface area (Å²) in [6, 6.07) is 0. The number of carbonyl (C=O) groups is 3. The lowest BCUT2D eigenvalue weighted by molar-refractivity contribution is -0.167. The van der Waals surface area contributed by atoms with Gasteiger partial charge in [0, 0.05) is 19.3 Å². The fourth-order valence-electron chi connectivity index (χ4n) is 7.85. The van der Waals surface area contributed by atoms with Crippen molar-refractivity contribution in [2.75, 3.05) is 13.2 Å². The van der Waals surface area contributed by atoms with Gasteiger partial charge in [-0.05, 0) is 96.3 Å². The van der Waals surface area contributed by atoms with E-state index in [9.17, 15) is 14.4 Å². The molecule has 0 aliphatic carbocycles. The Labute approximate surface area is 420 Å². The highest BCUT2D eigenvalue weighted by Gasteiger charge is 2.19. The molecule has 0 radical (unpaired) electrons. The topological polar surface area (TPSA) is 78.9 Å². The third-order valence-corrected chi connectivity index (χ3v) is 12.1. The highest BCUT2D eigenvalue weighted by molar-refractivity contribution is 5.71. The maximum Gasteiger partial charge on any atom is 0.306 e. The molecule has 6 heteroatoms. The minimum absolute atomic E-state index is 0.0806. The van der Waals surface area contributed by atoms with Gasteiger partial charge in [0.05, 0.1) is 0 Å². The first kappa shape index (κ1) is 64.6. The van der Waals surface area contributed by atoms with Crippen LogP contribution >= 0.6 is 0 Å². The summed E-state index contributed by atoms with van der Waals surface area (Å²) in [5.74, 6) is -0.896. The van der Waals surface area contributed by atoms with Crippen LogP contribution in [0.4, 0.5) is 0 Å². The molecule has 0 aromatic heterocycles. The largest absolute Gasteiger partial charge is 0.462 e. The molecule has 0 aromatic rings. The molecule has 0 saturated carbocycles. The maximum absolute atomic E-state index is 12.8. The third-order valence-electron chi connectivity index (χ3n) is 12.1. The van der Waals surface area contributed by atoms with Gasteiger partial charge < -0.3 is 14.2 Å². The van der Waals surface area contributed by atoms with Crippen LogP contribution in [0.2, 0.25) is 0 Å². The SMILES string of the molecule is CC/C=C\C/C=C\C/C=C\C/C=C\C/C=C\CCCCCCCCCC(=O)OCC(COC(=O)CCCCCCCCCC)OC(=O)CCCCCCCCCCC/C=C\C/C=C\CCCCC. The van der Waals surface area contributed by atoms with Crippen molar-refractivity contribution in [2.45, 2.75) is 277 Å². The molecule has 0 rings (SSSR count). The van der Waals surface area contributed by atoms with Crippen LogP contribution in [-0.4, -0.2) is 37.2 Å². The van der Waals surface area contributed by atoms with Crippen molar-refractivity contribution in [1.82, 2.24) is 0 Å². The standard InChI is InChI=1S/C62H106O6/c1-4-7-10-13-16-19-21-23-25-27-29-30-31-32-34-35-37-39-41-43-46-49-52-55-61(64)67-58-59(57-66-60(63)54-51-48-45-18-15-12-9-6-3)68-62(65)56-53-50-47-44-42-40-38-36-33-28-26-24-22-20-17-14-11-8-5-2/h7,10,16-17,19-20,23-26,29-30,32,34,59H,4-6,8-9,11-15,18,21-22,27-28,31,33,35-58H2,1-3H3/b10-7-,19-16-,20-17-,25-23-,26-24-,30-29-,34-32-. The minimum atomic E-state index is -0.781. The molecule has 0 saturated heterocycles. The van der Waals surface area contributed by atoms with Gasteiger partial charge in [0.1, 0.15) is 13.2 Å². The summed E-state index contributed by atoms with van der Waals surface area (Å²) in [5.41, 5.74) is 0. The highest BCUT2D eigenvalue weighted by atomic mass is 16.6. The predicted octanol–water partition coefficient (Wildman–Crippen LogP) is 19.2. The molecule has 0 spiro atoms. The molecule has 0 N–H and O–H groups in total. The summed E-state index contributed by atoms with van der Waals surface area (Å²) in [6.45, 7) is 6.47. The highest BCUT2D eigenvalue weighted by Crippen LogP contribution is 2.15. The van der Waals surface area contributed by atoms with Crippen LogP contribution in [0, 0.1) is 0 Å². The van der Waals surface area contributed by atoms with Crippen LogP contribution in [0.1, 0.15) is 271 Å². The molecule has 68 heavy (non-hydrogen) atoms. The summed E-state index contributed by atoms with van der Waals surface area (Å²) in [6.07, 6.45) is 72.9. The summed E-state index contributed by atoms with van der Waals surface area (Å²) in [5, 5.41) is 0. The number of esters is 3. The molecule has 390 valence electrons. The van der Waals surface area contributed by atoms with E-state index >= 15 is 0 Å². The van der Waals surface area contributed by atoms with Gasteiger partial charge in [0.2, 0.25) is 0 Å². The lowest BCUT2D eigenvalue weighted by Crippen LogP contribution is -2.30. The zero-order chi connectivity index (χ0) is 49.3. The molecule has 6 nitrogen and oxygen atoms in total. The Balaban J connectivity index is 4.27. The van der Waals surface area contributed by atoms with Crippen molar-refractivity contribution in [2.24, 2.45) is 0 Å². The molecule has 0 aliphatic heterocycles. The Morgan fingerprint density at radius 1 is 0.309 bits per heavy atom. The number of hydrogen-bond donors (Lipinski definition) is 0. The van der Waals surface area contributed by atoms with Crippen molar-refractivity contribution in [3.8, 4) is 0 Å². The quantitative estimate of drug-likeness (QED) is 0.0262. The molecule has 0 aliphatic rings. The van der Waals surface area contributed by atoms with E-state index in [0.717, 1.165) is 103 Å². The number of carbonyl (C=O) groups excluding carboxylic acids is 3. The van der Waals surface area contributed by atoms with Crippen LogP contribution in [0.15, 0.2) is 85.1 Å². The summed E-state index contributed by atoms with van der Waals surface area (Å²) < 4.78 is 16.8. The van der Waals surface area contributed by atoms with Gasteiger partial charge in [-0.1, -0.05) is 241 Å². The Hall–Kier alpha value is -3.41. The Morgan fingerprint density at radius 2 is 0.574 bits per heavy atom. The van der Waals surface area contributed by atoms with Gasteiger partial charge in [-0.15, -0.1) is 0 Å². The smallest absolute Gasteiger partial charge is 0.306 e. The Bertz CT molecular complexity index is 1320. The lowest BCUT2D eigenvalue weighted by atomic mass is 10.1. The van der Waals surface area contributed by atoms with E-state index in [-0.39, 0.29) is 31.1 Å². The van der Waals surface area contributed by atoms with Gasteiger partial charge >= 0.3 is 17.9 Å². The van der Waals surface area contributed by atoms with Crippen molar-refractivity contribution >= 4 is 17.9 Å². The number of rotatable bonds is 51. The van der Waals surface area contributed by atoms with Crippen molar-refractivity contribution < 1.29 is 28.6 Å². The molecular weight excluding hydrogens is 841 g/mol. The first-order valence-corrected chi connectivity index (χ1v) is 28.6. The average Bonchev–Trinajstić information content (AvgIpc) is 3.34. The van der Waals surface area contributed by atoms with Gasteiger partial charge in [0.15, 0.2) is 6.10 Å². The number of unbranched alkanes of at least 4 members (excludes halogenated alkanes) is 26. The second kappa shape index (κ2) is 56.2. The summed E-state index contributed by atoms with van der Waals surface area (Å²) in [7, 11) is 0. The third kappa shape index (κ3) is 53.5. The van der Waals surface area contributed by atoms with Crippen LogP contribution in [-0.2, 0) is 28.6 Å². The monoisotopic (exact) mass is 947 g/mol. The Morgan fingerprint density at radius 3 is 0.926 bits per heavy atom. The zero-order valence-corrected chi connectivity index (χ0v) is 44.6. The van der Waals surface area contributed by atoms with E-state index in [0.29, 0.717) is 19.3 Å². The molecule has 0 aromatic carbocycles. The fraction of sp³-hybridized carbons (Fsp3) is 0.726. The van der Waals surface area contributed by atoms with E-state index in [4.69, 9.17) is 14.2 Å². The van der Waals surface area contributed by atoms with Crippen molar-refractivity contribution in [3.63, 3.8) is 0 Å². The molecule has 1 atom stereocenters. The predicted molar refractivity (Wildman–Crippen MR) is 293 cm³/mol. The van der Waals surface area contributed by atoms with Crippen molar-refractivity contribution in [3.05, 3.63) is 85.1 Å². The second-order valence-electron chi connectivity index (χ2n) is 18.8. The van der Waals surface area contributed by atoms with Gasteiger partial charge in [-0.25, -0.2) is 0 Å². The van der Waals surface area contributed by atoms with E-state index in [2.05, 4.69) is 106 Å². The molecule has 0 amide bonds. The fourth-order valence-corrected chi connectivity index (χ4v) is 7.85. The second-order valence-corrected chi connectivity index (χ2v) is 18.8. The van der Waals surface area contributed by atoms with Crippen LogP contribution in [0.5, 0.6) is 0 Å². The number of allylic oxidation sites excluding steroid dienone is 14. The van der Waals surface area contributed by atoms with Crippen LogP contribution in [0.25, 0.3) is 0 Å². The lowest BCUT2D eigenvalue weighted by Gasteiger charge is -2.18. The molecular formula is C62H106O6. The maximum atomic E-state index is 12.8. The zero-order valence-electron chi connectivity index (χ0n) is 44.6. The molecule has 0 heterocycles. The van der Waals surface area contributed by atoms with Gasteiger partial charge in [-0.3, -0.25) is 14.4 Å². The van der Waals surface area contributed by atoms with E-state index < -0.39 is 6.10 Å². The molecule has 1 unspecified atom stereocenters. The number of ether oxygens (including phenoxy) is 3. The van der Waals surface area contributed by atoms with E-state index in [1.807, 2.05) is 0 Å². The normalized spacial score (nSPS) is 12.7. The van der Waals surface area contributed by atoms with Gasteiger partial charge in [0.25, 0.3) is 0 Å². The Kier molecular flexibility index (Phi) is 53.4. The number of hydrogen-bond acceptors (Lipinski definition) is 6. The summed E-state index contributed by atoms with van der Waals surface area (Å²) in [4.78, 5) is 38.0.